The highest BCUT2D eigenvalue weighted by Gasteiger charge is 2.46. The number of rotatable bonds is 6. The summed E-state index contributed by atoms with van der Waals surface area (Å²) >= 11 is 0. The molecule has 0 aliphatic carbocycles. The van der Waals surface area contributed by atoms with Crippen LogP contribution in [0.5, 0.6) is 0 Å². The largest absolute Gasteiger partial charge is 0.542 e. The van der Waals surface area contributed by atoms with Crippen LogP contribution < -0.4 is 0 Å². The fourth-order valence-corrected chi connectivity index (χ4v) is 2.77. The van der Waals surface area contributed by atoms with Gasteiger partial charge in [0.2, 0.25) is 0 Å². The topological polar surface area (TPSA) is 36.9 Å². The Morgan fingerprint density at radius 3 is 1.85 bits per heavy atom. The van der Waals surface area contributed by atoms with Gasteiger partial charge >= 0.3 is 8.80 Å². The summed E-state index contributed by atoms with van der Waals surface area (Å²) in [6, 6.07) is 0. The molecule has 5 heteroatoms. The monoisotopic (exact) mass is 206 g/mol. The van der Waals surface area contributed by atoms with Crippen LogP contribution in [0.15, 0.2) is 12.3 Å². The van der Waals surface area contributed by atoms with Gasteiger partial charge in [0.1, 0.15) is 0 Å². The van der Waals surface area contributed by atoms with Gasteiger partial charge in [-0.2, -0.15) is 0 Å². The molecule has 0 aromatic heterocycles. The second-order valence-electron chi connectivity index (χ2n) is 2.46. The van der Waals surface area contributed by atoms with E-state index < -0.39 is 8.80 Å². The first-order valence-electron chi connectivity index (χ1n) is 4.09. The first kappa shape index (κ1) is 12.6. The Balaban J connectivity index is 4.34. The van der Waals surface area contributed by atoms with Gasteiger partial charge in [0.15, 0.2) is 5.73 Å². The zero-order valence-corrected chi connectivity index (χ0v) is 9.87. The van der Waals surface area contributed by atoms with E-state index in [1.54, 1.807) is 33.7 Å². The van der Waals surface area contributed by atoms with E-state index in [-0.39, 0.29) is 5.73 Å². The predicted octanol–water partition coefficient (Wildman–Crippen LogP) is 1.34. The summed E-state index contributed by atoms with van der Waals surface area (Å²) in [5.41, 5.74) is -0.205. The Morgan fingerprint density at radius 2 is 1.54 bits per heavy atom. The average molecular weight is 206 g/mol. The van der Waals surface area contributed by atoms with Crippen LogP contribution in [0.2, 0.25) is 0 Å². The number of ether oxygens (including phenoxy) is 1. The van der Waals surface area contributed by atoms with Gasteiger partial charge in [0, 0.05) is 21.3 Å². The van der Waals surface area contributed by atoms with Gasteiger partial charge in [0.05, 0.1) is 6.26 Å². The van der Waals surface area contributed by atoms with E-state index in [9.17, 15) is 0 Å². The molecule has 0 rings (SSSR count). The maximum atomic E-state index is 5.34. The van der Waals surface area contributed by atoms with E-state index in [2.05, 4.69) is 0 Å². The fraction of sp³-hybridized carbons (Fsp3) is 0.750. The molecule has 1 atom stereocenters. The highest BCUT2D eigenvalue weighted by Crippen LogP contribution is 2.14. The van der Waals surface area contributed by atoms with Gasteiger partial charge in [-0.3, -0.25) is 0 Å². The fourth-order valence-electron chi connectivity index (χ4n) is 1.03. The third-order valence-corrected chi connectivity index (χ3v) is 4.61. The van der Waals surface area contributed by atoms with Crippen molar-refractivity contribution in [2.24, 2.45) is 0 Å². The van der Waals surface area contributed by atoms with Crippen LogP contribution in [0, 0.1) is 0 Å². The lowest BCUT2D eigenvalue weighted by Gasteiger charge is -2.29. The van der Waals surface area contributed by atoms with Crippen molar-refractivity contribution in [3.8, 4) is 0 Å². The van der Waals surface area contributed by atoms with Gasteiger partial charge in [0.25, 0.3) is 0 Å². The maximum Gasteiger partial charge on any atom is 0.542 e. The highest BCUT2D eigenvalue weighted by molar-refractivity contribution is 6.61. The quantitative estimate of drug-likeness (QED) is 0.485. The van der Waals surface area contributed by atoms with Gasteiger partial charge in [-0.25, -0.2) is 0 Å². The zero-order chi connectivity index (χ0) is 10.3. The lowest BCUT2D eigenvalue weighted by molar-refractivity contribution is 0.0579. The second kappa shape index (κ2) is 6.15. The summed E-state index contributed by atoms with van der Waals surface area (Å²) in [4.78, 5) is 0. The van der Waals surface area contributed by atoms with E-state index >= 15 is 0 Å². The Kier molecular flexibility index (Phi) is 5.97. The van der Waals surface area contributed by atoms with Crippen molar-refractivity contribution in [2.45, 2.75) is 19.6 Å². The molecule has 0 amide bonds. The third kappa shape index (κ3) is 3.11. The molecule has 0 saturated carbocycles. The molecular weight excluding hydrogens is 188 g/mol. The summed E-state index contributed by atoms with van der Waals surface area (Å²) in [6.07, 6.45) is 3.40. The van der Waals surface area contributed by atoms with Crippen LogP contribution in [0.1, 0.15) is 13.8 Å². The minimum absolute atomic E-state index is 0.205. The minimum atomic E-state index is -2.63. The lowest BCUT2D eigenvalue weighted by atomic mass is 10.7. The summed E-state index contributed by atoms with van der Waals surface area (Å²) in [5, 5.41) is 0. The third-order valence-electron chi connectivity index (χ3n) is 1.77. The molecular formula is C8H18O4Si. The Morgan fingerprint density at radius 1 is 1.08 bits per heavy atom. The van der Waals surface area contributed by atoms with Crippen LogP contribution in [-0.2, 0) is 18.0 Å². The molecule has 0 N–H and O–H groups in total. The molecule has 78 valence electrons. The highest BCUT2D eigenvalue weighted by atomic mass is 28.4. The van der Waals surface area contributed by atoms with Gasteiger partial charge in [-0.05, 0) is 13.8 Å². The SMILES string of the molecule is CC=COC(C)[Si](OC)(OC)OC. The first-order chi connectivity index (χ1) is 6.16. The Bertz CT molecular complexity index is 148. The molecule has 0 saturated heterocycles. The standard InChI is InChI=1S/C8H18O4Si/c1-6-7-12-8(2)13(9-3,10-4)11-5/h6-8H,1-5H3. The van der Waals surface area contributed by atoms with Crippen molar-refractivity contribution in [3.63, 3.8) is 0 Å². The molecule has 0 aliphatic heterocycles. The minimum Gasteiger partial charge on any atom is -0.494 e. The van der Waals surface area contributed by atoms with Crippen LogP contribution in [0.4, 0.5) is 0 Å². The number of hydrogen-bond acceptors (Lipinski definition) is 4. The van der Waals surface area contributed by atoms with Crippen molar-refractivity contribution in [1.82, 2.24) is 0 Å². The molecule has 0 aromatic carbocycles. The van der Waals surface area contributed by atoms with Crippen LogP contribution in [0.25, 0.3) is 0 Å². The van der Waals surface area contributed by atoms with E-state index in [4.69, 9.17) is 18.0 Å². The van der Waals surface area contributed by atoms with Crippen molar-refractivity contribution in [2.75, 3.05) is 21.3 Å². The van der Waals surface area contributed by atoms with E-state index in [0.717, 1.165) is 0 Å². The Hall–Kier alpha value is -0.363. The normalized spacial score (nSPS) is 14.8. The Labute approximate surface area is 80.8 Å². The molecule has 13 heavy (non-hydrogen) atoms. The number of hydrogen-bond donors (Lipinski definition) is 0. The summed E-state index contributed by atoms with van der Waals surface area (Å²) in [7, 11) is 2.06. The molecule has 0 aliphatic rings. The smallest absolute Gasteiger partial charge is 0.494 e. The van der Waals surface area contributed by atoms with Crippen molar-refractivity contribution in [3.05, 3.63) is 12.3 Å². The number of allylic oxidation sites excluding steroid dienone is 1. The molecule has 0 radical (unpaired) electrons. The molecule has 0 fully saturated rings. The summed E-state index contributed by atoms with van der Waals surface area (Å²) < 4.78 is 21.0. The molecule has 0 aromatic rings. The van der Waals surface area contributed by atoms with Gasteiger partial charge in [-0.1, -0.05) is 6.08 Å². The lowest BCUT2D eigenvalue weighted by Crippen LogP contribution is -2.53. The van der Waals surface area contributed by atoms with E-state index in [0.29, 0.717) is 0 Å². The zero-order valence-electron chi connectivity index (χ0n) is 8.87. The van der Waals surface area contributed by atoms with Gasteiger partial charge < -0.3 is 18.0 Å². The average Bonchev–Trinajstić information content (AvgIpc) is 2.18. The van der Waals surface area contributed by atoms with Crippen molar-refractivity contribution >= 4 is 8.80 Å². The summed E-state index contributed by atoms with van der Waals surface area (Å²) in [5.74, 6) is 0. The van der Waals surface area contributed by atoms with Crippen LogP contribution >= 0.6 is 0 Å². The van der Waals surface area contributed by atoms with Crippen LogP contribution in [-0.4, -0.2) is 35.9 Å². The first-order valence-corrected chi connectivity index (χ1v) is 5.89. The molecule has 1 unspecified atom stereocenters. The second-order valence-corrected chi connectivity index (χ2v) is 5.71. The van der Waals surface area contributed by atoms with Crippen LogP contribution in [0.3, 0.4) is 0 Å². The molecule has 0 bridgehead atoms. The molecule has 0 heterocycles. The molecule has 0 spiro atoms. The summed E-state index contributed by atoms with van der Waals surface area (Å²) in [6.45, 7) is 3.74. The van der Waals surface area contributed by atoms with E-state index in [1.807, 2.05) is 13.8 Å². The van der Waals surface area contributed by atoms with Crippen molar-refractivity contribution < 1.29 is 18.0 Å². The van der Waals surface area contributed by atoms with Crippen molar-refractivity contribution in [1.29, 1.82) is 0 Å². The van der Waals surface area contributed by atoms with Gasteiger partial charge in [-0.15, -0.1) is 0 Å². The van der Waals surface area contributed by atoms with E-state index in [1.165, 1.54) is 0 Å². The predicted molar refractivity (Wildman–Crippen MR) is 52.1 cm³/mol. The molecule has 4 nitrogen and oxygen atoms in total. The maximum absolute atomic E-state index is 5.34.